The van der Waals surface area contributed by atoms with Crippen molar-refractivity contribution < 1.29 is 19.1 Å². The first-order valence-corrected chi connectivity index (χ1v) is 12.0. The van der Waals surface area contributed by atoms with E-state index in [-0.39, 0.29) is 25.0 Å². The topological polar surface area (TPSA) is 83.9 Å². The minimum Gasteiger partial charge on any atom is -0.452 e. The van der Waals surface area contributed by atoms with Crippen molar-refractivity contribution in [3.05, 3.63) is 52.3 Å². The molecule has 0 atom stereocenters. The van der Waals surface area contributed by atoms with Crippen LogP contribution < -0.4 is 5.32 Å². The Balaban J connectivity index is 1.22. The fraction of sp³-hybridized carbons (Fsp3) is 0.500. The normalized spacial score (nSPS) is 16.4. The van der Waals surface area contributed by atoms with Gasteiger partial charge in [-0.05, 0) is 57.7 Å². The Kier molecular flexibility index (Phi) is 7.07. The van der Waals surface area contributed by atoms with Gasteiger partial charge in [-0.15, -0.1) is 0 Å². The molecule has 1 saturated carbocycles. The molecule has 2 aliphatic rings. The maximum absolute atomic E-state index is 12.6. The van der Waals surface area contributed by atoms with Crippen LogP contribution in [0.25, 0.3) is 0 Å². The second kappa shape index (κ2) is 10.0. The zero-order valence-electron chi connectivity index (χ0n) is 20.5. The van der Waals surface area contributed by atoms with E-state index in [2.05, 4.69) is 9.88 Å². The van der Waals surface area contributed by atoms with Crippen molar-refractivity contribution in [2.75, 3.05) is 44.6 Å². The average Bonchev–Trinajstić information content (AvgIpc) is 3.59. The molecule has 2 fully saturated rings. The fourth-order valence-electron chi connectivity index (χ4n) is 4.72. The van der Waals surface area contributed by atoms with Gasteiger partial charge in [-0.1, -0.05) is 18.2 Å². The summed E-state index contributed by atoms with van der Waals surface area (Å²) >= 11 is 0. The van der Waals surface area contributed by atoms with E-state index in [0.717, 1.165) is 41.0 Å². The minimum absolute atomic E-state index is 0.0603. The number of esters is 1. The number of carbonyl (C=O) groups excluding carboxylic acids is 3. The van der Waals surface area contributed by atoms with Gasteiger partial charge in [0.05, 0.1) is 12.1 Å². The van der Waals surface area contributed by atoms with Gasteiger partial charge in [0.1, 0.15) is 0 Å². The lowest BCUT2D eigenvalue weighted by atomic mass is 10.1. The third kappa shape index (κ3) is 5.33. The summed E-state index contributed by atoms with van der Waals surface area (Å²) in [6.07, 6.45) is 2.28. The second-order valence-corrected chi connectivity index (χ2v) is 9.43. The van der Waals surface area contributed by atoms with Crippen LogP contribution in [-0.4, -0.2) is 71.5 Å². The van der Waals surface area contributed by atoms with Gasteiger partial charge >= 0.3 is 5.97 Å². The first-order valence-electron chi connectivity index (χ1n) is 12.0. The van der Waals surface area contributed by atoms with Crippen LogP contribution in [0.1, 0.15) is 51.8 Å². The lowest BCUT2D eigenvalue weighted by molar-refractivity contribution is -0.136. The van der Waals surface area contributed by atoms with E-state index in [1.807, 2.05) is 56.9 Å². The van der Waals surface area contributed by atoms with Gasteiger partial charge in [-0.25, -0.2) is 4.79 Å². The molecule has 2 aromatic rings. The zero-order chi connectivity index (χ0) is 24.4. The zero-order valence-corrected chi connectivity index (χ0v) is 20.5. The van der Waals surface area contributed by atoms with Crippen molar-refractivity contribution in [3.8, 4) is 0 Å². The molecule has 1 aromatic heterocycles. The molecule has 2 heterocycles. The Morgan fingerprint density at radius 1 is 1.00 bits per heavy atom. The predicted molar refractivity (Wildman–Crippen MR) is 130 cm³/mol. The van der Waals surface area contributed by atoms with Crippen molar-refractivity contribution in [3.63, 3.8) is 0 Å². The van der Waals surface area contributed by atoms with Crippen molar-refractivity contribution in [1.82, 2.24) is 14.4 Å². The number of rotatable bonds is 7. The molecule has 1 N–H and O–H groups in total. The summed E-state index contributed by atoms with van der Waals surface area (Å²) in [5.41, 5.74) is 5.43. The molecule has 0 unspecified atom stereocenters. The molecule has 0 bridgehead atoms. The van der Waals surface area contributed by atoms with Gasteiger partial charge in [0, 0.05) is 49.3 Å². The van der Waals surface area contributed by atoms with E-state index < -0.39 is 5.97 Å². The Bertz CT molecular complexity index is 1070. The van der Waals surface area contributed by atoms with Gasteiger partial charge < -0.3 is 19.5 Å². The third-order valence-corrected chi connectivity index (χ3v) is 6.78. The van der Waals surface area contributed by atoms with Gasteiger partial charge in [0.2, 0.25) is 5.91 Å². The van der Waals surface area contributed by atoms with E-state index in [4.69, 9.17) is 4.74 Å². The molecule has 1 aliphatic carbocycles. The SMILES string of the molecule is Cc1cccc(C)c1NC(=O)CN1CCN(C(=O)COC(=O)c2cc(C)n(C3CC3)c2C)CC1. The monoisotopic (exact) mass is 466 g/mol. The van der Waals surface area contributed by atoms with Crippen LogP contribution in [0.2, 0.25) is 0 Å². The number of anilines is 1. The Morgan fingerprint density at radius 2 is 1.65 bits per heavy atom. The molecule has 8 heteroatoms. The van der Waals surface area contributed by atoms with Crippen LogP contribution in [0.3, 0.4) is 0 Å². The smallest absolute Gasteiger partial charge is 0.340 e. The summed E-state index contributed by atoms with van der Waals surface area (Å²) in [6, 6.07) is 8.26. The van der Waals surface area contributed by atoms with Crippen LogP contribution in [0.4, 0.5) is 5.69 Å². The predicted octanol–water partition coefficient (Wildman–Crippen LogP) is 3.00. The molecule has 0 spiro atoms. The molecule has 1 saturated heterocycles. The molecular weight excluding hydrogens is 432 g/mol. The fourth-order valence-corrected chi connectivity index (χ4v) is 4.72. The van der Waals surface area contributed by atoms with Crippen LogP contribution >= 0.6 is 0 Å². The average molecular weight is 467 g/mol. The van der Waals surface area contributed by atoms with Crippen molar-refractivity contribution in [1.29, 1.82) is 0 Å². The largest absolute Gasteiger partial charge is 0.452 e. The first-order chi connectivity index (χ1) is 16.2. The first kappa shape index (κ1) is 24.0. The number of ether oxygens (including phenoxy) is 1. The van der Waals surface area contributed by atoms with Gasteiger partial charge in [0.15, 0.2) is 6.61 Å². The number of aromatic nitrogens is 1. The third-order valence-electron chi connectivity index (χ3n) is 6.78. The van der Waals surface area contributed by atoms with E-state index >= 15 is 0 Å². The van der Waals surface area contributed by atoms with Crippen molar-refractivity contribution in [2.24, 2.45) is 0 Å². The van der Waals surface area contributed by atoms with Crippen LogP contribution in [-0.2, 0) is 14.3 Å². The molecule has 1 aromatic carbocycles. The summed E-state index contributed by atoms with van der Waals surface area (Å²) in [5, 5.41) is 3.01. The number of hydrogen-bond donors (Lipinski definition) is 1. The number of para-hydroxylation sites is 1. The highest BCUT2D eigenvalue weighted by Crippen LogP contribution is 2.38. The second-order valence-electron chi connectivity index (χ2n) is 9.43. The number of carbonyl (C=O) groups is 3. The lowest BCUT2D eigenvalue weighted by Crippen LogP contribution is -2.51. The maximum Gasteiger partial charge on any atom is 0.340 e. The highest BCUT2D eigenvalue weighted by atomic mass is 16.5. The van der Waals surface area contributed by atoms with E-state index in [9.17, 15) is 14.4 Å². The molecule has 2 amide bonds. The standard InChI is InChI=1S/C26H34N4O4/c1-17-6-5-7-18(2)25(17)27-23(31)15-28-10-12-29(13-11-28)24(32)16-34-26(33)22-14-19(3)30(20(22)4)21-8-9-21/h5-7,14,21H,8-13,15-16H2,1-4H3,(H,27,31). The van der Waals surface area contributed by atoms with E-state index in [1.165, 1.54) is 0 Å². The number of aryl methyl sites for hydroxylation is 3. The Labute approximate surface area is 200 Å². The molecule has 8 nitrogen and oxygen atoms in total. The maximum atomic E-state index is 12.6. The minimum atomic E-state index is -0.449. The Hall–Kier alpha value is -3.13. The Morgan fingerprint density at radius 3 is 2.26 bits per heavy atom. The lowest BCUT2D eigenvalue weighted by Gasteiger charge is -2.34. The van der Waals surface area contributed by atoms with Gasteiger partial charge in [0.25, 0.3) is 5.91 Å². The van der Waals surface area contributed by atoms with Crippen LogP contribution in [0, 0.1) is 27.7 Å². The quantitative estimate of drug-likeness (QED) is 0.635. The van der Waals surface area contributed by atoms with Gasteiger partial charge in [-0.3, -0.25) is 14.5 Å². The molecule has 34 heavy (non-hydrogen) atoms. The number of nitrogens with one attached hydrogen (secondary N) is 1. The summed E-state index contributed by atoms with van der Waals surface area (Å²) in [4.78, 5) is 41.4. The summed E-state index contributed by atoms with van der Waals surface area (Å²) < 4.78 is 7.54. The summed E-state index contributed by atoms with van der Waals surface area (Å²) in [6.45, 7) is 10.1. The number of hydrogen-bond acceptors (Lipinski definition) is 5. The van der Waals surface area contributed by atoms with Crippen LogP contribution in [0.15, 0.2) is 24.3 Å². The van der Waals surface area contributed by atoms with Crippen molar-refractivity contribution in [2.45, 2.75) is 46.6 Å². The molecule has 182 valence electrons. The number of nitrogens with zero attached hydrogens (tertiary/aromatic N) is 3. The van der Waals surface area contributed by atoms with Crippen LogP contribution in [0.5, 0.6) is 0 Å². The number of piperazine rings is 1. The highest BCUT2D eigenvalue weighted by Gasteiger charge is 2.29. The van der Waals surface area contributed by atoms with E-state index in [1.54, 1.807) is 4.90 Å². The molecule has 1 aliphatic heterocycles. The summed E-state index contributed by atoms with van der Waals surface area (Å²) in [5.74, 6) is -0.714. The molecule has 0 radical (unpaired) electrons. The highest BCUT2D eigenvalue weighted by molar-refractivity contribution is 5.94. The number of amides is 2. The summed E-state index contributed by atoms with van der Waals surface area (Å²) in [7, 11) is 0. The van der Waals surface area contributed by atoms with Gasteiger partial charge in [-0.2, -0.15) is 0 Å². The molecular formula is C26H34N4O4. The molecule has 4 rings (SSSR count). The number of benzene rings is 1. The van der Waals surface area contributed by atoms with Crippen molar-refractivity contribution >= 4 is 23.5 Å². The van der Waals surface area contributed by atoms with E-state index in [0.29, 0.717) is 37.8 Å².